The second-order valence-electron chi connectivity index (χ2n) is 9.28. The summed E-state index contributed by atoms with van der Waals surface area (Å²) in [5.41, 5.74) is 0.220. The molecule has 1 N–H and O–H groups in total. The van der Waals surface area contributed by atoms with E-state index in [9.17, 15) is 23.6 Å². The molecule has 0 saturated carbocycles. The number of rotatable bonds is 2. The molecule has 3 saturated heterocycles. The third-order valence-electron chi connectivity index (χ3n) is 7.91. The van der Waals surface area contributed by atoms with Gasteiger partial charge in [0.1, 0.15) is 16.4 Å². The SMILES string of the molecule is COC(=O)c1c(N2C(=O)[C@@H]3[C@@H]4CCCN4[C@]4(C(=O)Nc5ccc(F)cc54)[C@H]3C2=O)sc(C)c1C. The van der Waals surface area contributed by atoms with Gasteiger partial charge in [0, 0.05) is 22.2 Å². The van der Waals surface area contributed by atoms with E-state index in [1.54, 1.807) is 6.92 Å². The highest BCUT2D eigenvalue weighted by Crippen LogP contribution is 2.61. The van der Waals surface area contributed by atoms with Crippen LogP contribution in [0.15, 0.2) is 18.2 Å². The molecule has 0 bridgehead atoms. The second-order valence-corrected chi connectivity index (χ2v) is 10.5. The number of methoxy groups -OCH3 is 1. The zero-order chi connectivity index (χ0) is 24.1. The molecule has 3 fully saturated rings. The number of halogens is 1. The summed E-state index contributed by atoms with van der Waals surface area (Å²) < 4.78 is 19.3. The fourth-order valence-corrected chi connectivity index (χ4v) is 7.64. The van der Waals surface area contributed by atoms with Crippen LogP contribution < -0.4 is 10.2 Å². The van der Waals surface area contributed by atoms with Gasteiger partial charge >= 0.3 is 5.97 Å². The van der Waals surface area contributed by atoms with Crippen molar-refractivity contribution in [3.05, 3.63) is 45.6 Å². The first-order valence-corrected chi connectivity index (χ1v) is 12.0. The number of amides is 3. The van der Waals surface area contributed by atoms with Gasteiger partial charge in [-0.3, -0.25) is 19.3 Å². The lowest BCUT2D eigenvalue weighted by Gasteiger charge is -2.36. The molecular formula is C24H22FN3O5S. The molecule has 4 aliphatic heterocycles. The Morgan fingerprint density at radius 1 is 1.24 bits per heavy atom. The second kappa shape index (κ2) is 6.96. The maximum absolute atomic E-state index is 14.4. The number of esters is 1. The van der Waals surface area contributed by atoms with E-state index >= 15 is 0 Å². The quantitative estimate of drug-likeness (QED) is 0.521. The fourth-order valence-electron chi connectivity index (χ4n) is 6.48. The van der Waals surface area contributed by atoms with Crippen LogP contribution in [-0.2, 0) is 24.7 Å². The van der Waals surface area contributed by atoms with Gasteiger partial charge in [-0.15, -0.1) is 11.3 Å². The molecule has 176 valence electrons. The van der Waals surface area contributed by atoms with E-state index in [2.05, 4.69) is 5.32 Å². The molecule has 6 rings (SSSR count). The van der Waals surface area contributed by atoms with Crippen LogP contribution in [0.5, 0.6) is 0 Å². The lowest BCUT2D eigenvalue weighted by molar-refractivity contribution is -0.135. The summed E-state index contributed by atoms with van der Waals surface area (Å²) in [4.78, 5) is 57.9. The number of imide groups is 1. The van der Waals surface area contributed by atoms with Crippen molar-refractivity contribution in [3.63, 3.8) is 0 Å². The number of aryl methyl sites for hydroxylation is 1. The zero-order valence-corrected chi connectivity index (χ0v) is 19.6. The van der Waals surface area contributed by atoms with Crippen LogP contribution in [0, 0.1) is 31.5 Å². The van der Waals surface area contributed by atoms with Crippen LogP contribution in [0.4, 0.5) is 15.1 Å². The molecule has 8 nitrogen and oxygen atoms in total. The molecule has 4 aliphatic rings. The minimum Gasteiger partial charge on any atom is -0.465 e. The Labute approximate surface area is 198 Å². The molecule has 1 spiro atoms. The molecule has 1 aromatic heterocycles. The predicted molar refractivity (Wildman–Crippen MR) is 121 cm³/mol. The Bertz CT molecular complexity index is 1320. The number of ether oxygens (including phenoxy) is 1. The maximum atomic E-state index is 14.4. The third kappa shape index (κ3) is 2.35. The number of nitrogens with zero attached hydrogens (tertiary/aromatic N) is 2. The molecular weight excluding hydrogens is 461 g/mol. The first-order valence-electron chi connectivity index (χ1n) is 11.2. The lowest BCUT2D eigenvalue weighted by Crippen LogP contribution is -2.54. The maximum Gasteiger partial charge on any atom is 0.341 e. The van der Waals surface area contributed by atoms with E-state index in [0.717, 1.165) is 16.2 Å². The predicted octanol–water partition coefficient (Wildman–Crippen LogP) is 2.72. The Kier molecular flexibility index (Phi) is 4.38. The number of nitrogens with one attached hydrogen (secondary N) is 1. The van der Waals surface area contributed by atoms with Crippen LogP contribution in [0.1, 0.15) is 39.2 Å². The number of benzene rings is 1. The minimum atomic E-state index is -1.46. The number of fused-ring (bicyclic) bond motifs is 7. The Hall–Kier alpha value is -3.11. The highest BCUT2D eigenvalue weighted by atomic mass is 32.1. The van der Waals surface area contributed by atoms with E-state index in [4.69, 9.17) is 4.74 Å². The van der Waals surface area contributed by atoms with Crippen LogP contribution >= 0.6 is 11.3 Å². The molecule has 0 aliphatic carbocycles. The molecule has 4 atom stereocenters. The Morgan fingerprint density at radius 2 is 2.00 bits per heavy atom. The molecule has 5 heterocycles. The minimum absolute atomic E-state index is 0.186. The van der Waals surface area contributed by atoms with E-state index in [1.165, 1.54) is 36.6 Å². The van der Waals surface area contributed by atoms with Crippen molar-refractivity contribution in [2.24, 2.45) is 11.8 Å². The Morgan fingerprint density at radius 3 is 2.74 bits per heavy atom. The van der Waals surface area contributed by atoms with Crippen molar-refractivity contribution in [2.75, 3.05) is 23.9 Å². The van der Waals surface area contributed by atoms with Crippen molar-refractivity contribution in [1.82, 2.24) is 4.90 Å². The monoisotopic (exact) mass is 483 g/mol. The highest BCUT2D eigenvalue weighted by molar-refractivity contribution is 7.17. The van der Waals surface area contributed by atoms with E-state index in [-0.39, 0.29) is 16.6 Å². The van der Waals surface area contributed by atoms with E-state index in [0.29, 0.717) is 29.8 Å². The molecule has 34 heavy (non-hydrogen) atoms. The summed E-state index contributed by atoms with van der Waals surface area (Å²) in [5, 5.41) is 3.05. The number of hydrogen-bond donors (Lipinski definition) is 1. The third-order valence-corrected chi connectivity index (χ3v) is 9.11. The van der Waals surface area contributed by atoms with Crippen molar-refractivity contribution >= 4 is 45.7 Å². The first kappa shape index (κ1) is 21.4. The summed E-state index contributed by atoms with van der Waals surface area (Å²) in [5.74, 6) is -4.29. The first-order chi connectivity index (χ1) is 16.2. The van der Waals surface area contributed by atoms with Gasteiger partial charge in [0.25, 0.3) is 0 Å². The summed E-state index contributed by atoms with van der Waals surface area (Å²) in [7, 11) is 1.25. The molecule has 1 aromatic carbocycles. The largest absolute Gasteiger partial charge is 0.465 e. The summed E-state index contributed by atoms with van der Waals surface area (Å²) in [6.07, 6.45) is 1.42. The van der Waals surface area contributed by atoms with Gasteiger partial charge < -0.3 is 10.1 Å². The van der Waals surface area contributed by atoms with Gasteiger partial charge in [-0.2, -0.15) is 0 Å². The topological polar surface area (TPSA) is 96.0 Å². The van der Waals surface area contributed by atoms with Crippen molar-refractivity contribution in [1.29, 1.82) is 0 Å². The number of hydrogen-bond acceptors (Lipinski definition) is 7. The van der Waals surface area contributed by atoms with Gasteiger partial charge in [0.15, 0.2) is 0 Å². The van der Waals surface area contributed by atoms with Crippen LogP contribution in [0.3, 0.4) is 0 Å². The van der Waals surface area contributed by atoms with Gasteiger partial charge in [0.2, 0.25) is 17.7 Å². The molecule has 0 unspecified atom stereocenters. The zero-order valence-electron chi connectivity index (χ0n) is 18.8. The van der Waals surface area contributed by atoms with Crippen molar-refractivity contribution < 1.29 is 28.3 Å². The van der Waals surface area contributed by atoms with E-state index < -0.39 is 46.9 Å². The lowest BCUT2D eigenvalue weighted by atomic mass is 9.75. The van der Waals surface area contributed by atoms with E-state index in [1.807, 2.05) is 11.8 Å². The number of anilines is 2. The average Bonchev–Trinajstić information content (AvgIpc) is 3.56. The normalized spacial score (nSPS) is 29.6. The fraction of sp³-hybridized carbons (Fsp3) is 0.417. The molecule has 10 heteroatoms. The van der Waals surface area contributed by atoms with Gasteiger partial charge in [-0.1, -0.05) is 0 Å². The average molecular weight is 484 g/mol. The molecule has 0 radical (unpaired) electrons. The number of thiophene rings is 1. The van der Waals surface area contributed by atoms with Crippen molar-refractivity contribution in [3.8, 4) is 0 Å². The Balaban J connectivity index is 1.56. The van der Waals surface area contributed by atoms with Crippen LogP contribution in [0.25, 0.3) is 0 Å². The molecule has 3 amide bonds. The van der Waals surface area contributed by atoms with Gasteiger partial charge in [-0.25, -0.2) is 14.1 Å². The summed E-state index contributed by atoms with van der Waals surface area (Å²) >= 11 is 1.18. The van der Waals surface area contributed by atoms with Crippen molar-refractivity contribution in [2.45, 2.75) is 38.3 Å². The summed E-state index contributed by atoms with van der Waals surface area (Å²) in [6.45, 7) is 4.09. The highest BCUT2D eigenvalue weighted by Gasteiger charge is 2.75. The summed E-state index contributed by atoms with van der Waals surface area (Å²) in [6, 6.07) is 3.73. The number of carbonyl (C=O) groups is 4. The molecule has 2 aromatic rings. The number of carbonyl (C=O) groups excluding carboxylic acids is 4. The van der Waals surface area contributed by atoms with Gasteiger partial charge in [-0.05, 0) is 57.0 Å². The van der Waals surface area contributed by atoms with Crippen LogP contribution in [-0.4, -0.2) is 48.3 Å². The van der Waals surface area contributed by atoms with Gasteiger partial charge in [0.05, 0.1) is 24.5 Å². The smallest absolute Gasteiger partial charge is 0.341 e. The van der Waals surface area contributed by atoms with Crippen LogP contribution in [0.2, 0.25) is 0 Å². The standard InChI is InChI=1S/C24H22FN3O5S/c1-10-11(2)34-21(16(10)22(31)33-3)28-19(29)17-15-5-4-8-27(15)24(18(17)20(28)30)13-9-12(25)6-7-14(13)26-23(24)32/h6-7,9,15,17-18H,4-5,8H2,1-3H3,(H,26,32)/t15-,17+,18+,24-/m0/s1.